The van der Waals surface area contributed by atoms with Crippen LogP contribution in [0.1, 0.15) is 31.4 Å². The van der Waals surface area contributed by atoms with Gasteiger partial charge in [0.25, 0.3) is 0 Å². The van der Waals surface area contributed by atoms with Gasteiger partial charge >= 0.3 is 0 Å². The predicted octanol–water partition coefficient (Wildman–Crippen LogP) is 4.80. The summed E-state index contributed by atoms with van der Waals surface area (Å²) in [5.74, 6) is 0.959. The number of hydrogen-bond donors (Lipinski definition) is 0. The van der Waals surface area contributed by atoms with Gasteiger partial charge in [-0.2, -0.15) is 0 Å². The molecule has 0 bridgehead atoms. The molecule has 0 radical (unpaired) electrons. The van der Waals surface area contributed by atoms with Crippen LogP contribution in [0.5, 0.6) is 5.75 Å². The molecule has 1 aromatic rings. The van der Waals surface area contributed by atoms with E-state index in [4.69, 9.17) is 4.74 Å². The summed E-state index contributed by atoms with van der Waals surface area (Å²) in [6.07, 6.45) is 3.16. The molecule has 2 heteroatoms. The highest BCUT2D eigenvalue weighted by Crippen LogP contribution is 2.26. The fourth-order valence-electron chi connectivity index (χ4n) is 1.51. The largest absolute Gasteiger partial charge is 0.493 e. The van der Waals surface area contributed by atoms with Crippen LogP contribution in [0.4, 0.5) is 0 Å². The standard InChI is InChI=1S/C14H19BrO/c1-10(2)6-5-7-16-13-8-11(3)14(15)12(4)9-13/h6,8-9H,5,7H2,1-4H3. The molecule has 0 aliphatic rings. The fourth-order valence-corrected chi connectivity index (χ4v) is 1.74. The second-order valence-corrected chi connectivity index (χ2v) is 5.08. The van der Waals surface area contributed by atoms with Gasteiger partial charge in [-0.1, -0.05) is 27.6 Å². The normalized spacial score (nSPS) is 10.1. The Morgan fingerprint density at radius 1 is 1.25 bits per heavy atom. The Kier molecular flexibility index (Phi) is 5.07. The molecular weight excluding hydrogens is 264 g/mol. The Labute approximate surface area is 107 Å². The van der Waals surface area contributed by atoms with Crippen LogP contribution >= 0.6 is 15.9 Å². The Morgan fingerprint density at radius 3 is 2.31 bits per heavy atom. The van der Waals surface area contributed by atoms with Gasteiger partial charge in [-0.15, -0.1) is 0 Å². The van der Waals surface area contributed by atoms with Crippen LogP contribution in [0.15, 0.2) is 28.3 Å². The highest BCUT2D eigenvalue weighted by Gasteiger charge is 2.02. The van der Waals surface area contributed by atoms with Gasteiger partial charge in [0.15, 0.2) is 0 Å². The van der Waals surface area contributed by atoms with Gasteiger partial charge in [0.05, 0.1) is 6.61 Å². The molecule has 0 saturated carbocycles. The van der Waals surface area contributed by atoms with Crippen molar-refractivity contribution in [1.82, 2.24) is 0 Å². The maximum absolute atomic E-state index is 5.71. The van der Waals surface area contributed by atoms with Crippen LogP contribution < -0.4 is 4.74 Å². The molecule has 0 unspecified atom stereocenters. The van der Waals surface area contributed by atoms with E-state index in [0.717, 1.165) is 18.8 Å². The second-order valence-electron chi connectivity index (χ2n) is 4.29. The topological polar surface area (TPSA) is 9.23 Å². The number of ether oxygens (including phenoxy) is 1. The van der Waals surface area contributed by atoms with Gasteiger partial charge in [0.2, 0.25) is 0 Å². The summed E-state index contributed by atoms with van der Waals surface area (Å²) in [6, 6.07) is 4.14. The van der Waals surface area contributed by atoms with Crippen molar-refractivity contribution in [3.8, 4) is 5.75 Å². The Bertz CT molecular complexity index is 367. The molecule has 1 aromatic carbocycles. The number of hydrogen-bond acceptors (Lipinski definition) is 1. The van der Waals surface area contributed by atoms with Crippen molar-refractivity contribution in [3.63, 3.8) is 0 Å². The minimum Gasteiger partial charge on any atom is -0.493 e. The third kappa shape index (κ3) is 4.01. The van der Waals surface area contributed by atoms with E-state index in [-0.39, 0.29) is 0 Å². The lowest BCUT2D eigenvalue weighted by molar-refractivity contribution is 0.324. The first-order valence-corrected chi connectivity index (χ1v) is 6.33. The molecule has 0 saturated heterocycles. The predicted molar refractivity (Wildman–Crippen MR) is 73.2 cm³/mol. The Morgan fingerprint density at radius 2 is 1.81 bits per heavy atom. The SMILES string of the molecule is CC(C)=CCCOc1cc(C)c(Br)c(C)c1. The maximum atomic E-state index is 5.71. The van der Waals surface area contributed by atoms with Crippen LogP contribution in [-0.4, -0.2) is 6.61 Å². The van der Waals surface area contributed by atoms with E-state index in [1.807, 2.05) is 0 Å². The van der Waals surface area contributed by atoms with Crippen molar-refractivity contribution in [2.45, 2.75) is 34.1 Å². The molecule has 0 N–H and O–H groups in total. The molecule has 1 nitrogen and oxygen atoms in total. The monoisotopic (exact) mass is 282 g/mol. The lowest BCUT2D eigenvalue weighted by Crippen LogP contribution is -1.97. The molecule has 0 atom stereocenters. The zero-order valence-corrected chi connectivity index (χ0v) is 12.0. The number of rotatable bonds is 4. The zero-order valence-electron chi connectivity index (χ0n) is 10.4. The molecule has 88 valence electrons. The molecule has 0 heterocycles. The summed E-state index contributed by atoms with van der Waals surface area (Å²) in [5, 5.41) is 0. The van der Waals surface area contributed by atoms with E-state index in [1.54, 1.807) is 0 Å². The van der Waals surface area contributed by atoms with Crippen molar-refractivity contribution in [2.24, 2.45) is 0 Å². The van der Waals surface area contributed by atoms with Crippen LogP contribution in [0, 0.1) is 13.8 Å². The highest BCUT2D eigenvalue weighted by molar-refractivity contribution is 9.10. The number of halogens is 1. The van der Waals surface area contributed by atoms with Crippen molar-refractivity contribution < 1.29 is 4.74 Å². The van der Waals surface area contributed by atoms with Crippen LogP contribution in [0.2, 0.25) is 0 Å². The average Bonchev–Trinajstić information content (AvgIpc) is 2.20. The van der Waals surface area contributed by atoms with Crippen molar-refractivity contribution in [1.29, 1.82) is 0 Å². The third-order valence-corrected chi connectivity index (χ3v) is 3.60. The summed E-state index contributed by atoms with van der Waals surface area (Å²) in [4.78, 5) is 0. The lowest BCUT2D eigenvalue weighted by Gasteiger charge is -2.09. The van der Waals surface area contributed by atoms with Crippen molar-refractivity contribution >= 4 is 15.9 Å². The number of allylic oxidation sites excluding steroid dienone is 1. The minimum atomic E-state index is 0.742. The van der Waals surface area contributed by atoms with Gasteiger partial charge in [-0.05, 0) is 57.4 Å². The highest BCUT2D eigenvalue weighted by atomic mass is 79.9. The number of aryl methyl sites for hydroxylation is 2. The molecule has 1 rings (SSSR count). The molecule has 0 fully saturated rings. The first-order chi connectivity index (χ1) is 7.50. The second kappa shape index (κ2) is 6.09. The van der Waals surface area contributed by atoms with E-state index in [0.29, 0.717) is 0 Å². The molecule has 0 aliphatic carbocycles. The summed E-state index contributed by atoms with van der Waals surface area (Å²) in [7, 11) is 0. The Balaban J connectivity index is 2.58. The van der Waals surface area contributed by atoms with Gasteiger partial charge in [-0.3, -0.25) is 0 Å². The van der Waals surface area contributed by atoms with Crippen LogP contribution in [-0.2, 0) is 0 Å². The van der Waals surface area contributed by atoms with Crippen molar-refractivity contribution in [2.75, 3.05) is 6.61 Å². The summed E-state index contributed by atoms with van der Waals surface area (Å²) < 4.78 is 6.88. The van der Waals surface area contributed by atoms with Gasteiger partial charge in [0.1, 0.15) is 5.75 Å². The lowest BCUT2D eigenvalue weighted by atomic mass is 10.1. The van der Waals surface area contributed by atoms with Gasteiger partial charge in [-0.25, -0.2) is 0 Å². The van der Waals surface area contributed by atoms with E-state index in [9.17, 15) is 0 Å². The minimum absolute atomic E-state index is 0.742. The Hall–Kier alpha value is -0.760. The molecule has 0 spiro atoms. The van der Waals surface area contributed by atoms with Gasteiger partial charge < -0.3 is 4.74 Å². The summed E-state index contributed by atoms with van der Waals surface area (Å²) >= 11 is 3.55. The van der Waals surface area contributed by atoms with E-state index >= 15 is 0 Å². The first-order valence-electron chi connectivity index (χ1n) is 5.53. The van der Waals surface area contributed by atoms with Crippen LogP contribution in [0.3, 0.4) is 0 Å². The zero-order chi connectivity index (χ0) is 12.1. The van der Waals surface area contributed by atoms with E-state index < -0.39 is 0 Å². The number of benzene rings is 1. The van der Waals surface area contributed by atoms with E-state index in [1.165, 1.54) is 21.2 Å². The molecule has 16 heavy (non-hydrogen) atoms. The van der Waals surface area contributed by atoms with Gasteiger partial charge in [0, 0.05) is 4.47 Å². The van der Waals surface area contributed by atoms with E-state index in [2.05, 4.69) is 61.8 Å². The first kappa shape index (κ1) is 13.3. The molecule has 0 aromatic heterocycles. The molecule has 0 aliphatic heterocycles. The van der Waals surface area contributed by atoms with Crippen molar-refractivity contribution in [3.05, 3.63) is 39.4 Å². The summed E-state index contributed by atoms with van der Waals surface area (Å²) in [5.41, 5.74) is 3.78. The maximum Gasteiger partial charge on any atom is 0.119 e. The molecule has 0 amide bonds. The smallest absolute Gasteiger partial charge is 0.119 e. The quantitative estimate of drug-likeness (QED) is 0.569. The third-order valence-electron chi connectivity index (χ3n) is 2.35. The summed E-state index contributed by atoms with van der Waals surface area (Å²) in [6.45, 7) is 9.12. The molecular formula is C14H19BrO. The van der Waals surface area contributed by atoms with Crippen LogP contribution in [0.25, 0.3) is 0 Å². The fraction of sp³-hybridized carbons (Fsp3) is 0.429. The average molecular weight is 283 g/mol.